The second-order valence-corrected chi connectivity index (χ2v) is 6.22. The fraction of sp³-hybridized carbons (Fsp3) is 0.538. The zero-order chi connectivity index (χ0) is 11.5. The van der Waals surface area contributed by atoms with Gasteiger partial charge in [-0.2, -0.15) is 0 Å². The molecule has 0 spiro atoms. The number of rotatable bonds is 2. The Hall–Kier alpha value is -0.670. The van der Waals surface area contributed by atoms with Crippen LogP contribution in [0.2, 0.25) is 0 Å². The van der Waals surface area contributed by atoms with Crippen molar-refractivity contribution in [3.63, 3.8) is 0 Å². The van der Waals surface area contributed by atoms with Crippen LogP contribution in [0.25, 0.3) is 0 Å². The van der Waals surface area contributed by atoms with Crippen LogP contribution in [0.15, 0.2) is 30.3 Å². The minimum absolute atomic E-state index is 0.116. The van der Waals surface area contributed by atoms with Crippen LogP contribution >= 0.6 is 0 Å². The summed E-state index contributed by atoms with van der Waals surface area (Å²) in [5.74, 6) is 0.537. The van der Waals surface area contributed by atoms with Gasteiger partial charge in [-0.15, -0.1) is 0 Å². The third-order valence-corrected chi connectivity index (χ3v) is 4.93. The first-order valence-electron chi connectivity index (χ1n) is 5.81. The molecule has 0 amide bonds. The molecule has 1 aromatic rings. The zero-order valence-electron chi connectivity index (χ0n) is 9.63. The molecular weight excluding hydrogens is 218 g/mol. The van der Waals surface area contributed by atoms with Gasteiger partial charge in [0.1, 0.15) is 0 Å². The normalized spacial score (nSPS) is 32.2. The third-order valence-electron chi connectivity index (χ3n) is 3.54. The summed E-state index contributed by atoms with van der Waals surface area (Å²) in [4.78, 5) is 0. The Morgan fingerprint density at radius 3 is 2.56 bits per heavy atom. The largest absolute Gasteiger partial charge is 0.327 e. The lowest BCUT2D eigenvalue weighted by Gasteiger charge is -2.33. The Morgan fingerprint density at radius 2 is 1.94 bits per heavy atom. The van der Waals surface area contributed by atoms with Crippen LogP contribution in [-0.2, 0) is 10.8 Å². The van der Waals surface area contributed by atoms with Crippen LogP contribution in [0.5, 0.6) is 0 Å². The SMILES string of the molecule is CS(=O)C1CC(c2ccccc2)CCC1N. The molecule has 0 heterocycles. The van der Waals surface area contributed by atoms with E-state index >= 15 is 0 Å². The van der Waals surface area contributed by atoms with Gasteiger partial charge in [0.2, 0.25) is 0 Å². The standard InChI is InChI=1S/C13H19NOS/c1-16(15)13-9-11(7-8-12(13)14)10-5-3-2-4-6-10/h2-6,11-13H,7-9,14H2,1H3. The van der Waals surface area contributed by atoms with Crippen molar-refractivity contribution in [1.29, 1.82) is 0 Å². The molecular formula is C13H19NOS. The van der Waals surface area contributed by atoms with Crippen LogP contribution in [0, 0.1) is 0 Å². The first kappa shape index (κ1) is 11.8. The van der Waals surface area contributed by atoms with Gasteiger partial charge in [-0.3, -0.25) is 4.21 Å². The molecule has 1 aromatic carbocycles. The molecule has 1 saturated carbocycles. The van der Waals surface area contributed by atoms with E-state index in [0.29, 0.717) is 5.92 Å². The average molecular weight is 237 g/mol. The van der Waals surface area contributed by atoms with Crippen LogP contribution < -0.4 is 5.73 Å². The predicted molar refractivity (Wildman–Crippen MR) is 68.9 cm³/mol. The fourth-order valence-electron chi connectivity index (χ4n) is 2.56. The van der Waals surface area contributed by atoms with Gasteiger partial charge in [0.05, 0.1) is 5.25 Å². The van der Waals surface area contributed by atoms with Gasteiger partial charge in [0.15, 0.2) is 0 Å². The molecule has 4 unspecified atom stereocenters. The molecule has 1 aliphatic rings. The molecule has 2 nitrogen and oxygen atoms in total. The fourth-order valence-corrected chi connectivity index (χ4v) is 3.69. The first-order chi connectivity index (χ1) is 7.68. The molecule has 1 aliphatic carbocycles. The van der Waals surface area contributed by atoms with E-state index in [0.717, 1.165) is 19.3 Å². The highest BCUT2D eigenvalue weighted by atomic mass is 32.2. The van der Waals surface area contributed by atoms with Gasteiger partial charge in [-0.05, 0) is 30.7 Å². The lowest BCUT2D eigenvalue weighted by atomic mass is 9.82. The van der Waals surface area contributed by atoms with Crippen LogP contribution in [0.1, 0.15) is 30.7 Å². The Kier molecular flexibility index (Phi) is 3.77. The predicted octanol–water partition coefficient (Wildman–Crippen LogP) is 2.03. The van der Waals surface area contributed by atoms with Crippen molar-refractivity contribution in [2.75, 3.05) is 6.26 Å². The van der Waals surface area contributed by atoms with Crippen molar-refractivity contribution >= 4 is 10.8 Å². The Labute approximate surface area is 99.7 Å². The van der Waals surface area contributed by atoms with Crippen molar-refractivity contribution in [2.45, 2.75) is 36.5 Å². The van der Waals surface area contributed by atoms with Crippen LogP contribution in [0.3, 0.4) is 0 Å². The van der Waals surface area contributed by atoms with E-state index < -0.39 is 10.8 Å². The molecule has 0 aromatic heterocycles. The summed E-state index contributed by atoms with van der Waals surface area (Å²) in [7, 11) is -0.802. The average Bonchev–Trinajstić information content (AvgIpc) is 2.30. The molecule has 16 heavy (non-hydrogen) atoms. The maximum absolute atomic E-state index is 11.6. The van der Waals surface area contributed by atoms with Crippen LogP contribution in [0.4, 0.5) is 0 Å². The van der Waals surface area contributed by atoms with Gasteiger partial charge >= 0.3 is 0 Å². The van der Waals surface area contributed by atoms with Crippen molar-refractivity contribution < 1.29 is 4.21 Å². The lowest BCUT2D eigenvalue weighted by molar-refractivity contribution is 0.401. The molecule has 4 atom stereocenters. The topological polar surface area (TPSA) is 43.1 Å². The van der Waals surface area contributed by atoms with Crippen molar-refractivity contribution in [1.82, 2.24) is 0 Å². The molecule has 1 fully saturated rings. The minimum Gasteiger partial charge on any atom is -0.327 e. The molecule has 3 heteroatoms. The van der Waals surface area contributed by atoms with E-state index in [9.17, 15) is 4.21 Å². The summed E-state index contributed by atoms with van der Waals surface area (Å²) in [5, 5.41) is 0.166. The number of benzene rings is 1. The zero-order valence-corrected chi connectivity index (χ0v) is 10.5. The molecule has 88 valence electrons. The second-order valence-electron chi connectivity index (χ2n) is 4.62. The summed E-state index contributed by atoms with van der Waals surface area (Å²) in [5.41, 5.74) is 7.39. The highest BCUT2D eigenvalue weighted by Crippen LogP contribution is 2.34. The molecule has 2 rings (SSSR count). The number of hydrogen-bond donors (Lipinski definition) is 1. The molecule has 0 bridgehead atoms. The molecule has 2 N–H and O–H groups in total. The van der Waals surface area contributed by atoms with E-state index in [1.54, 1.807) is 6.26 Å². The summed E-state index contributed by atoms with van der Waals surface area (Å²) in [6.45, 7) is 0. The van der Waals surface area contributed by atoms with Crippen molar-refractivity contribution in [3.8, 4) is 0 Å². The quantitative estimate of drug-likeness (QED) is 0.855. The van der Waals surface area contributed by atoms with Crippen molar-refractivity contribution in [2.24, 2.45) is 5.73 Å². The monoisotopic (exact) mass is 237 g/mol. The van der Waals surface area contributed by atoms with E-state index in [4.69, 9.17) is 5.73 Å². The maximum atomic E-state index is 11.6. The smallest absolute Gasteiger partial charge is 0.0502 e. The molecule has 0 aliphatic heterocycles. The molecule has 0 saturated heterocycles. The van der Waals surface area contributed by atoms with Gasteiger partial charge in [-0.1, -0.05) is 30.3 Å². The summed E-state index contributed by atoms with van der Waals surface area (Å²) < 4.78 is 11.6. The van der Waals surface area contributed by atoms with E-state index in [2.05, 4.69) is 24.3 Å². The van der Waals surface area contributed by atoms with Crippen molar-refractivity contribution in [3.05, 3.63) is 35.9 Å². The minimum atomic E-state index is -0.802. The van der Waals surface area contributed by atoms with Crippen LogP contribution in [-0.4, -0.2) is 21.8 Å². The maximum Gasteiger partial charge on any atom is 0.0502 e. The Morgan fingerprint density at radius 1 is 1.25 bits per heavy atom. The van der Waals surface area contributed by atoms with Gasteiger partial charge in [-0.25, -0.2) is 0 Å². The lowest BCUT2D eigenvalue weighted by Crippen LogP contribution is -2.42. The van der Waals surface area contributed by atoms with Gasteiger partial charge in [0.25, 0.3) is 0 Å². The second kappa shape index (κ2) is 5.11. The number of hydrogen-bond acceptors (Lipinski definition) is 2. The van der Waals surface area contributed by atoms with Gasteiger partial charge < -0.3 is 5.73 Å². The number of nitrogens with two attached hydrogens (primary N) is 1. The third kappa shape index (κ3) is 2.53. The molecule has 0 radical (unpaired) electrons. The van der Waals surface area contributed by atoms with Gasteiger partial charge in [0, 0.05) is 23.1 Å². The highest BCUT2D eigenvalue weighted by Gasteiger charge is 2.31. The Bertz CT molecular complexity index is 365. The first-order valence-corrected chi connectivity index (χ1v) is 7.43. The summed E-state index contributed by atoms with van der Waals surface area (Å²) >= 11 is 0. The summed E-state index contributed by atoms with van der Waals surface area (Å²) in [6.07, 6.45) is 4.86. The highest BCUT2D eigenvalue weighted by molar-refractivity contribution is 7.85. The Balaban J connectivity index is 2.12. The van der Waals surface area contributed by atoms with E-state index in [1.807, 2.05) is 6.07 Å². The van der Waals surface area contributed by atoms with E-state index in [-0.39, 0.29) is 11.3 Å². The van der Waals surface area contributed by atoms with E-state index in [1.165, 1.54) is 5.56 Å². The summed E-state index contributed by atoms with van der Waals surface area (Å²) in [6, 6.07) is 10.6.